The highest BCUT2D eigenvalue weighted by molar-refractivity contribution is 5.96. The summed E-state index contributed by atoms with van der Waals surface area (Å²) in [5.74, 6) is 0.841. The van der Waals surface area contributed by atoms with E-state index in [4.69, 9.17) is 4.52 Å². The molecule has 3 amide bonds. The molecule has 0 saturated heterocycles. The van der Waals surface area contributed by atoms with E-state index in [1.165, 1.54) is 0 Å². The van der Waals surface area contributed by atoms with Crippen LogP contribution in [-0.4, -0.2) is 35.6 Å². The first kappa shape index (κ1) is 18.9. The van der Waals surface area contributed by atoms with Crippen LogP contribution in [0.25, 0.3) is 0 Å². The number of aryl methyl sites for hydroxylation is 2. The number of carbonyl (C=O) groups excluding carboxylic acids is 2. The number of rotatable bonds is 5. The number of anilines is 1. The molecule has 7 heteroatoms. The van der Waals surface area contributed by atoms with Crippen LogP contribution in [-0.2, 0) is 19.4 Å². The Morgan fingerprint density at radius 1 is 1.26 bits per heavy atom. The number of nitrogens with zero attached hydrogens (tertiary/aromatic N) is 2. The molecule has 1 heterocycles. The van der Waals surface area contributed by atoms with Crippen molar-refractivity contribution in [2.24, 2.45) is 0 Å². The van der Waals surface area contributed by atoms with Crippen molar-refractivity contribution in [1.29, 1.82) is 0 Å². The molecule has 144 valence electrons. The van der Waals surface area contributed by atoms with Crippen LogP contribution in [0.15, 0.2) is 22.7 Å². The van der Waals surface area contributed by atoms with Crippen molar-refractivity contribution in [2.75, 3.05) is 18.9 Å². The van der Waals surface area contributed by atoms with Crippen LogP contribution >= 0.6 is 0 Å². The van der Waals surface area contributed by atoms with Gasteiger partial charge in [-0.1, -0.05) is 5.16 Å². The van der Waals surface area contributed by atoms with Gasteiger partial charge in [0.05, 0.1) is 6.54 Å². The minimum atomic E-state index is -0.226. The molecule has 1 aromatic heterocycles. The summed E-state index contributed by atoms with van der Waals surface area (Å²) in [6, 6.07) is 5.01. The maximum Gasteiger partial charge on any atom is 0.321 e. The molecule has 0 radical (unpaired) electrons. The normalized spacial score (nSPS) is 13.0. The molecule has 7 nitrogen and oxygen atoms in total. The van der Waals surface area contributed by atoms with Crippen molar-refractivity contribution in [3.63, 3.8) is 0 Å². The molecule has 1 aromatic carbocycles. The van der Waals surface area contributed by atoms with Gasteiger partial charge in [-0.15, -0.1) is 0 Å². The monoisotopic (exact) mass is 370 g/mol. The molecular formula is C20H26N4O3. The fourth-order valence-electron chi connectivity index (χ4n) is 3.29. The molecule has 3 rings (SSSR count). The van der Waals surface area contributed by atoms with E-state index in [0.717, 1.165) is 48.3 Å². The Morgan fingerprint density at radius 3 is 2.78 bits per heavy atom. The van der Waals surface area contributed by atoms with Crippen molar-refractivity contribution in [2.45, 2.75) is 46.1 Å². The molecule has 0 fully saturated rings. The van der Waals surface area contributed by atoms with Gasteiger partial charge in [-0.2, -0.15) is 0 Å². The lowest BCUT2D eigenvalue weighted by Crippen LogP contribution is -2.31. The largest absolute Gasteiger partial charge is 0.361 e. The van der Waals surface area contributed by atoms with Crippen LogP contribution in [0.5, 0.6) is 0 Å². The lowest BCUT2D eigenvalue weighted by molar-refractivity contribution is 0.0955. The third-order valence-electron chi connectivity index (χ3n) is 4.83. The Morgan fingerprint density at radius 2 is 2.04 bits per heavy atom. The van der Waals surface area contributed by atoms with E-state index >= 15 is 0 Å². The summed E-state index contributed by atoms with van der Waals surface area (Å²) in [5.41, 5.74) is 4.09. The summed E-state index contributed by atoms with van der Waals surface area (Å²) < 4.78 is 5.41. The number of hydrogen-bond donors (Lipinski definition) is 2. The van der Waals surface area contributed by atoms with Gasteiger partial charge in [-0.05, 0) is 56.9 Å². The second-order valence-corrected chi connectivity index (χ2v) is 6.91. The SMILES string of the molecule is CCNC(=O)c1ccc(NC(=O)N(C)Cc2noc3c2CCCC3)c(C)c1. The highest BCUT2D eigenvalue weighted by Crippen LogP contribution is 2.25. The quantitative estimate of drug-likeness (QED) is 0.845. The van der Waals surface area contributed by atoms with Gasteiger partial charge in [0.1, 0.15) is 11.5 Å². The second-order valence-electron chi connectivity index (χ2n) is 6.91. The molecule has 0 atom stereocenters. The Kier molecular flexibility index (Phi) is 5.78. The number of benzene rings is 1. The molecule has 0 bridgehead atoms. The van der Waals surface area contributed by atoms with Gasteiger partial charge in [0, 0.05) is 36.8 Å². The van der Waals surface area contributed by atoms with Crippen LogP contribution < -0.4 is 10.6 Å². The molecular weight excluding hydrogens is 344 g/mol. The lowest BCUT2D eigenvalue weighted by Gasteiger charge is -2.19. The van der Waals surface area contributed by atoms with Crippen molar-refractivity contribution in [1.82, 2.24) is 15.4 Å². The van der Waals surface area contributed by atoms with E-state index in [1.807, 2.05) is 13.8 Å². The maximum atomic E-state index is 12.6. The molecule has 1 aliphatic carbocycles. The highest BCUT2D eigenvalue weighted by Gasteiger charge is 2.21. The van der Waals surface area contributed by atoms with Crippen LogP contribution in [0.1, 0.15) is 52.7 Å². The Bertz CT molecular complexity index is 844. The molecule has 0 aliphatic heterocycles. The van der Waals surface area contributed by atoms with Crippen molar-refractivity contribution >= 4 is 17.6 Å². The Labute approximate surface area is 159 Å². The number of amides is 3. The lowest BCUT2D eigenvalue weighted by atomic mass is 9.96. The van der Waals surface area contributed by atoms with Crippen LogP contribution in [0.2, 0.25) is 0 Å². The van der Waals surface area contributed by atoms with Gasteiger partial charge in [0.2, 0.25) is 0 Å². The number of nitrogens with one attached hydrogen (secondary N) is 2. The van der Waals surface area contributed by atoms with Gasteiger partial charge < -0.3 is 20.1 Å². The van der Waals surface area contributed by atoms with Crippen LogP contribution in [0, 0.1) is 6.92 Å². The summed E-state index contributed by atoms with van der Waals surface area (Å²) in [5, 5.41) is 9.82. The number of hydrogen-bond acceptors (Lipinski definition) is 4. The first-order valence-corrected chi connectivity index (χ1v) is 9.36. The molecule has 2 aromatic rings. The smallest absolute Gasteiger partial charge is 0.321 e. The second kappa shape index (κ2) is 8.24. The summed E-state index contributed by atoms with van der Waals surface area (Å²) in [4.78, 5) is 26.1. The van der Waals surface area contributed by atoms with E-state index in [0.29, 0.717) is 24.3 Å². The topological polar surface area (TPSA) is 87.5 Å². The Hall–Kier alpha value is -2.83. The van der Waals surface area contributed by atoms with Crippen LogP contribution in [0.3, 0.4) is 0 Å². The first-order valence-electron chi connectivity index (χ1n) is 9.36. The fraction of sp³-hybridized carbons (Fsp3) is 0.450. The van der Waals surface area contributed by atoms with E-state index in [2.05, 4.69) is 15.8 Å². The van der Waals surface area contributed by atoms with Gasteiger partial charge >= 0.3 is 6.03 Å². The van der Waals surface area contributed by atoms with Gasteiger partial charge in [0.15, 0.2) is 0 Å². The fourth-order valence-corrected chi connectivity index (χ4v) is 3.29. The third-order valence-corrected chi connectivity index (χ3v) is 4.83. The minimum Gasteiger partial charge on any atom is -0.361 e. The summed E-state index contributed by atoms with van der Waals surface area (Å²) >= 11 is 0. The summed E-state index contributed by atoms with van der Waals surface area (Å²) in [6.45, 7) is 4.72. The van der Waals surface area contributed by atoms with E-state index in [9.17, 15) is 9.59 Å². The number of urea groups is 1. The van der Waals surface area contributed by atoms with E-state index in [1.54, 1.807) is 30.1 Å². The number of fused-ring (bicyclic) bond motifs is 1. The highest BCUT2D eigenvalue weighted by atomic mass is 16.5. The minimum absolute atomic E-state index is 0.119. The third kappa shape index (κ3) is 4.30. The van der Waals surface area contributed by atoms with Crippen molar-refractivity contribution < 1.29 is 14.1 Å². The molecule has 27 heavy (non-hydrogen) atoms. The zero-order chi connectivity index (χ0) is 19.4. The average molecular weight is 370 g/mol. The molecule has 2 N–H and O–H groups in total. The summed E-state index contributed by atoms with van der Waals surface area (Å²) in [7, 11) is 1.73. The molecule has 1 aliphatic rings. The number of carbonyl (C=O) groups is 2. The predicted octanol–water partition coefficient (Wildman–Crippen LogP) is 3.28. The maximum absolute atomic E-state index is 12.6. The number of aromatic nitrogens is 1. The molecule has 0 saturated carbocycles. The van der Waals surface area contributed by atoms with Gasteiger partial charge in [-0.3, -0.25) is 4.79 Å². The zero-order valence-electron chi connectivity index (χ0n) is 16.1. The van der Waals surface area contributed by atoms with Gasteiger partial charge in [-0.25, -0.2) is 4.79 Å². The average Bonchev–Trinajstić information content (AvgIpc) is 3.06. The van der Waals surface area contributed by atoms with Gasteiger partial charge in [0.25, 0.3) is 5.91 Å². The zero-order valence-corrected chi connectivity index (χ0v) is 16.1. The van der Waals surface area contributed by atoms with Crippen LogP contribution in [0.4, 0.5) is 10.5 Å². The van der Waals surface area contributed by atoms with Crippen molar-refractivity contribution in [3.05, 3.63) is 46.3 Å². The first-order chi connectivity index (χ1) is 13.0. The van der Waals surface area contributed by atoms with Crippen molar-refractivity contribution in [3.8, 4) is 0 Å². The summed E-state index contributed by atoms with van der Waals surface area (Å²) in [6.07, 6.45) is 4.15. The predicted molar refractivity (Wildman–Crippen MR) is 103 cm³/mol. The Balaban J connectivity index is 1.64. The molecule has 0 unspecified atom stereocenters. The van der Waals surface area contributed by atoms with E-state index < -0.39 is 0 Å². The standard InChI is InChI=1S/C20H26N4O3/c1-4-21-19(25)14-9-10-16(13(2)11-14)22-20(26)24(3)12-17-15-7-5-6-8-18(15)27-23-17/h9-11H,4-8,12H2,1-3H3,(H,21,25)(H,22,26). The van der Waals surface area contributed by atoms with E-state index in [-0.39, 0.29) is 11.9 Å². The molecule has 0 spiro atoms.